The summed E-state index contributed by atoms with van der Waals surface area (Å²) in [5.74, 6) is 1.10. The molecule has 0 aliphatic heterocycles. The second-order valence-corrected chi connectivity index (χ2v) is 4.70. The van der Waals surface area contributed by atoms with E-state index in [0.29, 0.717) is 17.2 Å². The van der Waals surface area contributed by atoms with Crippen LogP contribution in [0, 0.1) is 0 Å². The summed E-state index contributed by atoms with van der Waals surface area (Å²) < 4.78 is 5.11. The lowest BCUT2D eigenvalue weighted by molar-refractivity contribution is 0.102. The van der Waals surface area contributed by atoms with E-state index in [2.05, 4.69) is 5.32 Å². The van der Waals surface area contributed by atoms with Crippen molar-refractivity contribution in [2.45, 2.75) is 6.42 Å². The first-order chi connectivity index (χ1) is 9.72. The molecule has 1 N–H and O–H groups in total. The maximum Gasteiger partial charge on any atom is 0.255 e. The van der Waals surface area contributed by atoms with Crippen LogP contribution in [-0.4, -0.2) is 18.9 Å². The van der Waals surface area contributed by atoms with Crippen molar-refractivity contribution >= 4 is 23.2 Å². The van der Waals surface area contributed by atoms with E-state index in [1.54, 1.807) is 31.4 Å². The van der Waals surface area contributed by atoms with Gasteiger partial charge in [0.15, 0.2) is 0 Å². The fraction of sp³-hybridized carbons (Fsp3) is 0.188. The lowest BCUT2D eigenvalue weighted by Gasteiger charge is -2.07. The Hall–Kier alpha value is -2.00. The van der Waals surface area contributed by atoms with Crippen LogP contribution in [0.25, 0.3) is 0 Å². The Bertz CT molecular complexity index is 581. The number of alkyl halides is 1. The first-order valence-corrected chi connectivity index (χ1v) is 6.86. The highest BCUT2D eigenvalue weighted by Gasteiger charge is 2.07. The second-order valence-electron chi connectivity index (χ2n) is 4.32. The number of carbonyl (C=O) groups is 1. The number of hydrogen-bond acceptors (Lipinski definition) is 2. The number of halogens is 1. The molecule has 0 aromatic heterocycles. The zero-order chi connectivity index (χ0) is 14.4. The van der Waals surface area contributed by atoms with Crippen molar-refractivity contribution in [2.75, 3.05) is 18.3 Å². The molecule has 0 spiro atoms. The van der Waals surface area contributed by atoms with Gasteiger partial charge in [0.1, 0.15) is 5.75 Å². The van der Waals surface area contributed by atoms with Crippen LogP contribution < -0.4 is 10.1 Å². The Balaban J connectivity index is 2.06. The molecule has 2 rings (SSSR count). The molecule has 0 atom stereocenters. The summed E-state index contributed by atoms with van der Waals surface area (Å²) >= 11 is 5.69. The van der Waals surface area contributed by atoms with Gasteiger partial charge in [0.25, 0.3) is 5.91 Å². The van der Waals surface area contributed by atoms with E-state index in [-0.39, 0.29) is 5.91 Å². The number of aryl methyl sites for hydroxylation is 1. The van der Waals surface area contributed by atoms with Crippen molar-refractivity contribution in [3.8, 4) is 5.75 Å². The van der Waals surface area contributed by atoms with E-state index in [9.17, 15) is 4.79 Å². The summed E-state index contributed by atoms with van der Waals surface area (Å²) in [5.41, 5.74) is 2.48. The monoisotopic (exact) mass is 289 g/mol. The number of amides is 1. The predicted octanol–water partition coefficient (Wildman–Crippen LogP) is 3.73. The summed E-state index contributed by atoms with van der Waals surface area (Å²) in [5, 5.41) is 2.85. The SMILES string of the molecule is COc1cccc(C(=O)Nc2ccc(CCCl)cc2)c1. The average Bonchev–Trinajstić information content (AvgIpc) is 2.49. The molecule has 0 radical (unpaired) electrons. The maximum atomic E-state index is 12.1. The Morgan fingerprint density at radius 2 is 1.95 bits per heavy atom. The van der Waals surface area contributed by atoms with Crippen molar-refractivity contribution in [1.82, 2.24) is 0 Å². The highest BCUT2D eigenvalue weighted by atomic mass is 35.5. The van der Waals surface area contributed by atoms with Crippen LogP contribution in [0.1, 0.15) is 15.9 Å². The summed E-state index contributed by atoms with van der Waals surface area (Å²) in [6.07, 6.45) is 0.825. The van der Waals surface area contributed by atoms with Gasteiger partial charge in [0.05, 0.1) is 7.11 Å². The number of rotatable bonds is 5. The number of benzene rings is 2. The molecule has 3 nitrogen and oxygen atoms in total. The molecular weight excluding hydrogens is 274 g/mol. The smallest absolute Gasteiger partial charge is 0.255 e. The molecule has 0 saturated carbocycles. The molecule has 0 saturated heterocycles. The third-order valence-corrected chi connectivity index (χ3v) is 3.12. The van der Waals surface area contributed by atoms with Crippen LogP contribution in [0.3, 0.4) is 0 Å². The zero-order valence-electron chi connectivity index (χ0n) is 11.2. The van der Waals surface area contributed by atoms with Gasteiger partial charge in [0.2, 0.25) is 0 Å². The number of anilines is 1. The first kappa shape index (κ1) is 14.4. The maximum absolute atomic E-state index is 12.1. The largest absolute Gasteiger partial charge is 0.497 e. The van der Waals surface area contributed by atoms with Gasteiger partial charge in [-0.15, -0.1) is 11.6 Å². The Kier molecular flexibility index (Phi) is 5.02. The molecule has 1 amide bonds. The highest BCUT2D eigenvalue weighted by molar-refractivity contribution is 6.18. The molecule has 0 aliphatic rings. The second kappa shape index (κ2) is 6.96. The lowest BCUT2D eigenvalue weighted by Crippen LogP contribution is -2.11. The number of nitrogens with one attached hydrogen (secondary N) is 1. The predicted molar refractivity (Wildman–Crippen MR) is 81.8 cm³/mol. The summed E-state index contributed by atoms with van der Waals surface area (Å²) in [6, 6.07) is 14.7. The van der Waals surface area contributed by atoms with E-state index in [4.69, 9.17) is 16.3 Å². The van der Waals surface area contributed by atoms with E-state index in [1.807, 2.05) is 24.3 Å². The van der Waals surface area contributed by atoms with E-state index in [0.717, 1.165) is 17.7 Å². The van der Waals surface area contributed by atoms with Crippen LogP contribution in [0.4, 0.5) is 5.69 Å². The Labute approximate surface area is 123 Å². The summed E-state index contributed by atoms with van der Waals surface area (Å²) in [4.78, 5) is 12.1. The number of methoxy groups -OCH3 is 1. The first-order valence-electron chi connectivity index (χ1n) is 6.33. The van der Waals surface area contributed by atoms with Crippen LogP contribution in [0.15, 0.2) is 48.5 Å². The fourth-order valence-corrected chi connectivity index (χ4v) is 2.05. The van der Waals surface area contributed by atoms with Crippen molar-refractivity contribution < 1.29 is 9.53 Å². The van der Waals surface area contributed by atoms with Gasteiger partial charge in [-0.05, 0) is 42.3 Å². The van der Waals surface area contributed by atoms with Gasteiger partial charge in [0, 0.05) is 17.1 Å². The normalized spacial score (nSPS) is 10.1. The number of carbonyl (C=O) groups excluding carboxylic acids is 1. The molecular formula is C16H16ClNO2. The van der Waals surface area contributed by atoms with Crippen LogP contribution in [0.2, 0.25) is 0 Å². The third-order valence-electron chi connectivity index (χ3n) is 2.93. The van der Waals surface area contributed by atoms with Crippen molar-refractivity contribution in [1.29, 1.82) is 0 Å². The third kappa shape index (κ3) is 3.75. The molecule has 2 aromatic carbocycles. The molecule has 0 bridgehead atoms. The minimum atomic E-state index is -0.158. The summed E-state index contributed by atoms with van der Waals surface area (Å²) in [6.45, 7) is 0. The minimum Gasteiger partial charge on any atom is -0.497 e. The molecule has 0 unspecified atom stereocenters. The van der Waals surface area contributed by atoms with Crippen LogP contribution in [0.5, 0.6) is 5.75 Å². The molecule has 0 heterocycles. The fourth-order valence-electron chi connectivity index (χ4n) is 1.83. The van der Waals surface area contributed by atoms with Crippen molar-refractivity contribution in [3.63, 3.8) is 0 Å². The molecule has 104 valence electrons. The van der Waals surface area contributed by atoms with Gasteiger partial charge in [-0.2, -0.15) is 0 Å². The zero-order valence-corrected chi connectivity index (χ0v) is 12.0. The van der Waals surface area contributed by atoms with E-state index in [1.165, 1.54) is 0 Å². The van der Waals surface area contributed by atoms with Gasteiger partial charge in [-0.3, -0.25) is 4.79 Å². The molecule has 20 heavy (non-hydrogen) atoms. The minimum absolute atomic E-state index is 0.158. The molecule has 2 aromatic rings. The number of ether oxygens (including phenoxy) is 1. The number of hydrogen-bond donors (Lipinski definition) is 1. The van der Waals surface area contributed by atoms with Crippen molar-refractivity contribution in [2.24, 2.45) is 0 Å². The molecule has 4 heteroatoms. The molecule has 0 fully saturated rings. The van der Waals surface area contributed by atoms with Crippen molar-refractivity contribution in [3.05, 3.63) is 59.7 Å². The Morgan fingerprint density at radius 3 is 2.60 bits per heavy atom. The molecule has 0 aliphatic carbocycles. The quantitative estimate of drug-likeness (QED) is 0.852. The van der Waals surface area contributed by atoms with Gasteiger partial charge >= 0.3 is 0 Å². The average molecular weight is 290 g/mol. The van der Waals surface area contributed by atoms with Gasteiger partial charge in [-0.1, -0.05) is 18.2 Å². The van der Waals surface area contributed by atoms with Gasteiger partial charge < -0.3 is 10.1 Å². The van der Waals surface area contributed by atoms with Crippen LogP contribution in [-0.2, 0) is 6.42 Å². The lowest BCUT2D eigenvalue weighted by atomic mass is 10.1. The highest BCUT2D eigenvalue weighted by Crippen LogP contribution is 2.15. The van der Waals surface area contributed by atoms with E-state index >= 15 is 0 Å². The Morgan fingerprint density at radius 1 is 1.20 bits per heavy atom. The summed E-state index contributed by atoms with van der Waals surface area (Å²) in [7, 11) is 1.58. The van der Waals surface area contributed by atoms with Gasteiger partial charge in [-0.25, -0.2) is 0 Å². The topological polar surface area (TPSA) is 38.3 Å². The van der Waals surface area contributed by atoms with Crippen LogP contribution >= 0.6 is 11.6 Å². The standard InChI is InChI=1S/C16H16ClNO2/c1-20-15-4-2-3-13(11-15)16(19)18-14-7-5-12(6-8-14)9-10-17/h2-8,11H,9-10H2,1H3,(H,18,19). The van der Waals surface area contributed by atoms with E-state index < -0.39 is 0 Å².